The number of methoxy groups -OCH3 is 1. The summed E-state index contributed by atoms with van der Waals surface area (Å²) in [6.07, 6.45) is 4.16. The van der Waals surface area contributed by atoms with E-state index in [2.05, 4.69) is 6.58 Å². The molecule has 0 saturated heterocycles. The molecule has 5 nitrogen and oxygen atoms in total. The molecule has 0 amide bonds. The first kappa shape index (κ1) is 19.0. The van der Waals surface area contributed by atoms with Gasteiger partial charge in [-0.05, 0) is 41.0 Å². The summed E-state index contributed by atoms with van der Waals surface area (Å²) >= 11 is 0. The molecule has 0 aliphatic heterocycles. The Bertz CT molecular complexity index is 790. The average Bonchev–Trinajstić information content (AvgIpc) is 2.69. The van der Waals surface area contributed by atoms with Crippen molar-refractivity contribution in [2.75, 3.05) is 7.11 Å². The highest BCUT2D eigenvalue weighted by molar-refractivity contribution is 5.87. The van der Waals surface area contributed by atoms with Crippen LogP contribution in [0.25, 0.3) is 6.08 Å². The third kappa shape index (κ3) is 6.28. The van der Waals surface area contributed by atoms with Crippen LogP contribution in [0.15, 0.2) is 67.3 Å². The Morgan fingerprint density at radius 2 is 1.58 bits per heavy atom. The Kier molecular flexibility index (Phi) is 7.18. The fraction of sp³-hybridized carbons (Fsp3) is 0.143. The largest absolute Gasteiger partial charge is 0.497 e. The highest BCUT2D eigenvalue weighted by atomic mass is 16.5. The van der Waals surface area contributed by atoms with Crippen LogP contribution >= 0.6 is 0 Å². The third-order valence-electron chi connectivity index (χ3n) is 3.45. The second kappa shape index (κ2) is 9.84. The molecular weight excluding hydrogens is 332 g/mol. The van der Waals surface area contributed by atoms with E-state index in [0.717, 1.165) is 28.5 Å². The summed E-state index contributed by atoms with van der Waals surface area (Å²) in [4.78, 5) is 22.9. The molecule has 134 valence electrons. The minimum absolute atomic E-state index is 0.134. The molecule has 0 aromatic heterocycles. The van der Waals surface area contributed by atoms with Gasteiger partial charge in [-0.25, -0.2) is 9.59 Å². The summed E-state index contributed by atoms with van der Waals surface area (Å²) in [5, 5.41) is 0. The number of benzene rings is 2. The molecule has 0 bridgehead atoms. The van der Waals surface area contributed by atoms with Crippen molar-refractivity contribution in [2.45, 2.75) is 13.2 Å². The molecule has 0 unspecified atom stereocenters. The second-order valence-electron chi connectivity index (χ2n) is 5.35. The maximum absolute atomic E-state index is 11.8. The van der Waals surface area contributed by atoms with Crippen molar-refractivity contribution < 1.29 is 23.8 Å². The fourth-order valence-electron chi connectivity index (χ4n) is 2.10. The highest BCUT2D eigenvalue weighted by Gasteiger charge is 2.02. The van der Waals surface area contributed by atoms with E-state index < -0.39 is 11.9 Å². The monoisotopic (exact) mass is 352 g/mol. The number of hydrogen-bond acceptors (Lipinski definition) is 5. The van der Waals surface area contributed by atoms with Crippen molar-refractivity contribution in [3.63, 3.8) is 0 Å². The van der Waals surface area contributed by atoms with Gasteiger partial charge in [0.15, 0.2) is 0 Å². The maximum atomic E-state index is 11.8. The number of carbonyl (C=O) groups excluding carboxylic acids is 2. The van der Waals surface area contributed by atoms with E-state index in [4.69, 9.17) is 14.2 Å². The summed E-state index contributed by atoms with van der Waals surface area (Å²) < 4.78 is 15.3. The zero-order valence-electron chi connectivity index (χ0n) is 14.5. The van der Waals surface area contributed by atoms with Gasteiger partial charge < -0.3 is 14.2 Å². The van der Waals surface area contributed by atoms with Crippen molar-refractivity contribution in [2.24, 2.45) is 0 Å². The average molecular weight is 352 g/mol. The SMILES string of the molecule is C=CC(=O)OCc1cccc(COC(=O)C=Cc2ccc(OC)cc2)c1. The molecule has 2 aromatic carbocycles. The molecule has 2 aromatic rings. The standard InChI is InChI=1S/C21H20O5/c1-3-20(22)25-14-17-5-4-6-18(13-17)15-26-21(23)12-9-16-7-10-19(24-2)11-8-16/h3-13H,1,14-15H2,2H3. The van der Waals surface area contributed by atoms with Gasteiger partial charge in [0.05, 0.1) is 7.11 Å². The van der Waals surface area contributed by atoms with Crippen LogP contribution in [0.4, 0.5) is 0 Å². The number of ether oxygens (including phenoxy) is 3. The normalized spacial score (nSPS) is 10.3. The van der Waals surface area contributed by atoms with Crippen LogP contribution in [0.2, 0.25) is 0 Å². The predicted octanol–water partition coefficient (Wildman–Crippen LogP) is 3.68. The molecule has 0 aliphatic carbocycles. The van der Waals surface area contributed by atoms with Gasteiger partial charge in [0, 0.05) is 12.2 Å². The van der Waals surface area contributed by atoms with Crippen LogP contribution in [-0.4, -0.2) is 19.0 Å². The number of rotatable bonds is 8. The van der Waals surface area contributed by atoms with Gasteiger partial charge in [-0.15, -0.1) is 0 Å². The Balaban J connectivity index is 1.85. The van der Waals surface area contributed by atoms with Crippen LogP contribution in [0.3, 0.4) is 0 Å². The summed E-state index contributed by atoms with van der Waals surface area (Å²) in [7, 11) is 1.60. The predicted molar refractivity (Wildman–Crippen MR) is 98.3 cm³/mol. The van der Waals surface area contributed by atoms with Crippen molar-refractivity contribution in [1.82, 2.24) is 0 Å². The molecule has 26 heavy (non-hydrogen) atoms. The Hall–Kier alpha value is -3.34. The minimum Gasteiger partial charge on any atom is -0.497 e. The van der Waals surface area contributed by atoms with Gasteiger partial charge in [-0.1, -0.05) is 36.9 Å². The third-order valence-corrected chi connectivity index (χ3v) is 3.45. The quantitative estimate of drug-likeness (QED) is 0.536. The lowest BCUT2D eigenvalue weighted by molar-refractivity contribution is -0.139. The summed E-state index contributed by atoms with van der Waals surface area (Å²) in [6, 6.07) is 14.6. The molecule has 0 heterocycles. The number of hydrogen-bond donors (Lipinski definition) is 0. The van der Waals surface area contributed by atoms with Crippen LogP contribution in [0, 0.1) is 0 Å². The molecule has 0 fully saturated rings. The molecule has 0 N–H and O–H groups in total. The van der Waals surface area contributed by atoms with Crippen LogP contribution in [0.5, 0.6) is 5.75 Å². The lowest BCUT2D eigenvalue weighted by Gasteiger charge is -2.06. The van der Waals surface area contributed by atoms with Gasteiger partial charge in [0.2, 0.25) is 0 Å². The van der Waals surface area contributed by atoms with Gasteiger partial charge in [-0.3, -0.25) is 0 Å². The van der Waals surface area contributed by atoms with E-state index in [1.807, 2.05) is 48.5 Å². The van der Waals surface area contributed by atoms with Gasteiger partial charge in [0.1, 0.15) is 19.0 Å². The van der Waals surface area contributed by atoms with E-state index in [1.54, 1.807) is 13.2 Å². The molecule has 0 spiro atoms. The molecule has 0 aliphatic rings. The first-order valence-electron chi connectivity index (χ1n) is 7.96. The first-order chi connectivity index (χ1) is 12.6. The van der Waals surface area contributed by atoms with Gasteiger partial charge >= 0.3 is 11.9 Å². The van der Waals surface area contributed by atoms with E-state index in [9.17, 15) is 9.59 Å². The van der Waals surface area contributed by atoms with E-state index >= 15 is 0 Å². The molecule has 2 rings (SSSR count). The van der Waals surface area contributed by atoms with E-state index in [0.29, 0.717) is 0 Å². The molecule has 0 radical (unpaired) electrons. The molecule has 5 heteroatoms. The topological polar surface area (TPSA) is 61.8 Å². The highest BCUT2D eigenvalue weighted by Crippen LogP contribution is 2.13. The van der Waals surface area contributed by atoms with E-state index in [1.165, 1.54) is 6.08 Å². The molecular formula is C21H20O5. The Labute approximate surface area is 152 Å². The van der Waals surface area contributed by atoms with Crippen molar-refractivity contribution in [3.8, 4) is 5.75 Å². The number of carbonyl (C=O) groups is 2. The number of esters is 2. The second-order valence-corrected chi connectivity index (χ2v) is 5.35. The summed E-state index contributed by atoms with van der Waals surface area (Å²) in [5.41, 5.74) is 2.49. The van der Waals surface area contributed by atoms with Crippen molar-refractivity contribution in [1.29, 1.82) is 0 Å². The van der Waals surface area contributed by atoms with Crippen LogP contribution in [0.1, 0.15) is 16.7 Å². The van der Waals surface area contributed by atoms with Gasteiger partial charge in [-0.2, -0.15) is 0 Å². The maximum Gasteiger partial charge on any atom is 0.331 e. The van der Waals surface area contributed by atoms with Crippen molar-refractivity contribution in [3.05, 3.63) is 84.0 Å². The summed E-state index contributed by atoms with van der Waals surface area (Å²) in [5.74, 6) is -0.168. The minimum atomic E-state index is -0.481. The first-order valence-corrected chi connectivity index (χ1v) is 7.96. The van der Waals surface area contributed by atoms with E-state index in [-0.39, 0.29) is 13.2 Å². The molecule has 0 saturated carbocycles. The fourth-order valence-corrected chi connectivity index (χ4v) is 2.10. The zero-order chi connectivity index (χ0) is 18.8. The lowest BCUT2D eigenvalue weighted by Crippen LogP contribution is -2.03. The zero-order valence-corrected chi connectivity index (χ0v) is 14.5. The Morgan fingerprint density at radius 1 is 0.962 bits per heavy atom. The van der Waals surface area contributed by atoms with Crippen molar-refractivity contribution >= 4 is 18.0 Å². The lowest BCUT2D eigenvalue weighted by atomic mass is 10.1. The molecule has 0 atom stereocenters. The Morgan fingerprint density at radius 3 is 2.15 bits per heavy atom. The van der Waals surface area contributed by atoms with Crippen LogP contribution in [-0.2, 0) is 32.3 Å². The smallest absolute Gasteiger partial charge is 0.331 e. The van der Waals surface area contributed by atoms with Crippen LogP contribution < -0.4 is 4.74 Å². The van der Waals surface area contributed by atoms with Gasteiger partial charge in [0.25, 0.3) is 0 Å². The summed E-state index contributed by atoms with van der Waals surface area (Å²) in [6.45, 7) is 3.62.